The number of thiophene rings is 1. The summed E-state index contributed by atoms with van der Waals surface area (Å²) in [5, 5.41) is 6.15. The van der Waals surface area contributed by atoms with Gasteiger partial charge < -0.3 is 25.0 Å². The molecule has 4 rings (SSSR count). The van der Waals surface area contributed by atoms with E-state index in [1.165, 1.54) is 11.3 Å². The van der Waals surface area contributed by atoms with Crippen LogP contribution in [0.2, 0.25) is 0 Å². The van der Waals surface area contributed by atoms with E-state index in [2.05, 4.69) is 42.5 Å². The van der Waals surface area contributed by atoms with Crippen LogP contribution >= 0.6 is 43.2 Å². The summed E-state index contributed by atoms with van der Waals surface area (Å²) in [6.45, 7) is 1.00. The van der Waals surface area contributed by atoms with E-state index in [4.69, 9.17) is 9.47 Å². The SMILES string of the molecule is O=C(NC1(C(=O)Nc2ccc(N3CCOCC3=O)c(Br)c2)CCCC1)Oc1ccc(Br)s1. The molecule has 0 unspecified atom stereocenters. The molecule has 0 atom stereocenters. The number of amides is 3. The molecule has 2 heterocycles. The number of nitrogens with zero attached hydrogens (tertiary/aromatic N) is 1. The Morgan fingerprint density at radius 2 is 1.94 bits per heavy atom. The summed E-state index contributed by atoms with van der Waals surface area (Å²) in [5.74, 6) is -0.402. The summed E-state index contributed by atoms with van der Waals surface area (Å²) in [6, 6.07) is 8.75. The summed E-state index contributed by atoms with van der Waals surface area (Å²) in [5.41, 5.74) is 0.252. The molecule has 1 aliphatic heterocycles. The molecule has 11 heteroatoms. The molecule has 8 nitrogen and oxygen atoms in total. The first kappa shape index (κ1) is 23.2. The second-order valence-corrected chi connectivity index (χ2v) is 10.9. The third-order valence-corrected chi connectivity index (χ3v) is 7.59. The van der Waals surface area contributed by atoms with E-state index < -0.39 is 11.6 Å². The zero-order valence-corrected chi connectivity index (χ0v) is 21.0. The summed E-state index contributed by atoms with van der Waals surface area (Å²) < 4.78 is 12.0. The number of halogens is 2. The molecule has 1 aromatic heterocycles. The van der Waals surface area contributed by atoms with E-state index in [1.807, 2.05) is 0 Å². The Bertz CT molecular complexity index is 1040. The van der Waals surface area contributed by atoms with Gasteiger partial charge in [-0.1, -0.05) is 24.2 Å². The molecule has 2 fully saturated rings. The van der Waals surface area contributed by atoms with Crippen LogP contribution in [-0.2, 0) is 14.3 Å². The number of hydrogen-bond acceptors (Lipinski definition) is 6. The van der Waals surface area contributed by atoms with Gasteiger partial charge in [-0.15, -0.1) is 0 Å². The zero-order valence-electron chi connectivity index (χ0n) is 17.0. The molecule has 0 bridgehead atoms. The monoisotopic (exact) mass is 585 g/mol. The van der Waals surface area contributed by atoms with Gasteiger partial charge in [0.1, 0.15) is 12.1 Å². The predicted octanol–water partition coefficient (Wildman–Crippen LogP) is 4.68. The van der Waals surface area contributed by atoms with E-state index in [-0.39, 0.29) is 18.4 Å². The Labute approximate surface area is 205 Å². The number of hydrogen-bond donors (Lipinski definition) is 2. The van der Waals surface area contributed by atoms with Crippen LogP contribution in [0.5, 0.6) is 5.06 Å². The summed E-state index contributed by atoms with van der Waals surface area (Å²) in [7, 11) is 0. The topological polar surface area (TPSA) is 97.0 Å². The summed E-state index contributed by atoms with van der Waals surface area (Å²) in [4.78, 5) is 39.4. The Morgan fingerprint density at radius 1 is 1.16 bits per heavy atom. The lowest BCUT2D eigenvalue weighted by molar-refractivity contribution is -0.125. The second kappa shape index (κ2) is 9.90. The van der Waals surface area contributed by atoms with Crippen molar-refractivity contribution in [3.05, 3.63) is 38.6 Å². The molecule has 2 aliphatic rings. The van der Waals surface area contributed by atoms with Gasteiger partial charge in [0.2, 0.25) is 5.91 Å². The fourth-order valence-corrected chi connectivity index (χ4v) is 5.66. The van der Waals surface area contributed by atoms with Crippen LogP contribution in [0.4, 0.5) is 16.2 Å². The lowest BCUT2D eigenvalue weighted by Gasteiger charge is -2.29. The normalized spacial score (nSPS) is 17.8. The first-order valence-electron chi connectivity index (χ1n) is 10.1. The standard InChI is InChI=1S/C21H21Br2N3O5S/c22-14-11-13(3-4-15(14)26-9-10-30-12-17(26)27)24-19(28)21(7-1-2-8-21)25-20(29)31-18-6-5-16(23)32-18/h3-6,11H,1-2,7-10,12H2,(H,24,28)(H,25,29). The van der Waals surface area contributed by atoms with Crippen molar-refractivity contribution in [2.75, 3.05) is 30.0 Å². The fourth-order valence-electron chi connectivity index (χ4n) is 3.88. The van der Waals surface area contributed by atoms with E-state index in [1.54, 1.807) is 35.2 Å². The third-order valence-electron chi connectivity index (χ3n) is 5.46. The molecule has 1 saturated heterocycles. The molecule has 1 saturated carbocycles. The highest BCUT2D eigenvalue weighted by atomic mass is 79.9. The Morgan fingerprint density at radius 3 is 2.59 bits per heavy atom. The minimum absolute atomic E-state index is 0.0532. The van der Waals surface area contributed by atoms with Crippen molar-refractivity contribution in [2.45, 2.75) is 31.2 Å². The van der Waals surface area contributed by atoms with Crippen molar-refractivity contribution < 1.29 is 23.9 Å². The molecule has 0 spiro atoms. The number of morpholine rings is 1. The van der Waals surface area contributed by atoms with E-state index in [0.29, 0.717) is 41.2 Å². The Hall–Kier alpha value is -1.95. The van der Waals surface area contributed by atoms with Crippen LogP contribution < -0.4 is 20.3 Å². The molecule has 32 heavy (non-hydrogen) atoms. The van der Waals surface area contributed by atoms with Crippen LogP contribution in [0.25, 0.3) is 0 Å². The van der Waals surface area contributed by atoms with Gasteiger partial charge in [0, 0.05) is 16.7 Å². The number of anilines is 2. The Balaban J connectivity index is 1.45. The molecular formula is C21H21Br2N3O5S. The van der Waals surface area contributed by atoms with Crippen molar-refractivity contribution in [3.8, 4) is 5.06 Å². The van der Waals surface area contributed by atoms with Crippen molar-refractivity contribution >= 4 is 72.5 Å². The molecule has 2 N–H and O–H groups in total. The van der Waals surface area contributed by atoms with Crippen molar-refractivity contribution in [1.29, 1.82) is 0 Å². The first-order valence-corrected chi connectivity index (χ1v) is 12.5. The van der Waals surface area contributed by atoms with Gasteiger partial charge in [0.15, 0.2) is 5.06 Å². The first-order chi connectivity index (χ1) is 15.4. The predicted molar refractivity (Wildman–Crippen MR) is 128 cm³/mol. The molecule has 170 valence electrons. The maximum Gasteiger partial charge on any atom is 0.414 e. The van der Waals surface area contributed by atoms with Gasteiger partial charge in [0.25, 0.3) is 5.91 Å². The second-order valence-electron chi connectivity index (χ2n) is 7.58. The molecular weight excluding hydrogens is 566 g/mol. The largest absolute Gasteiger partial charge is 0.414 e. The number of carbonyl (C=O) groups excluding carboxylic acids is 3. The highest BCUT2D eigenvalue weighted by molar-refractivity contribution is 9.11. The number of benzene rings is 1. The maximum atomic E-state index is 13.2. The van der Waals surface area contributed by atoms with Crippen molar-refractivity contribution in [2.24, 2.45) is 0 Å². The van der Waals surface area contributed by atoms with Crippen LogP contribution in [0.3, 0.4) is 0 Å². The van der Waals surface area contributed by atoms with Gasteiger partial charge >= 0.3 is 6.09 Å². The average molecular weight is 587 g/mol. The minimum atomic E-state index is -1.03. The summed E-state index contributed by atoms with van der Waals surface area (Å²) >= 11 is 8.12. The third kappa shape index (κ3) is 5.16. The average Bonchev–Trinajstić information content (AvgIpc) is 3.38. The van der Waals surface area contributed by atoms with E-state index in [9.17, 15) is 14.4 Å². The number of rotatable bonds is 5. The summed E-state index contributed by atoms with van der Waals surface area (Å²) in [6.07, 6.45) is 2.08. The van der Waals surface area contributed by atoms with Gasteiger partial charge in [-0.2, -0.15) is 0 Å². The van der Waals surface area contributed by atoms with Crippen molar-refractivity contribution in [1.82, 2.24) is 5.32 Å². The van der Waals surface area contributed by atoms with Crippen molar-refractivity contribution in [3.63, 3.8) is 0 Å². The zero-order chi connectivity index (χ0) is 22.7. The number of ether oxygens (including phenoxy) is 2. The molecule has 2 aromatic rings. The van der Waals surface area contributed by atoms with Crippen LogP contribution in [0, 0.1) is 0 Å². The maximum absolute atomic E-state index is 13.2. The smallest absolute Gasteiger partial charge is 0.399 e. The van der Waals surface area contributed by atoms with Gasteiger partial charge in [-0.3, -0.25) is 9.59 Å². The van der Waals surface area contributed by atoms with E-state index >= 15 is 0 Å². The minimum Gasteiger partial charge on any atom is -0.399 e. The fraction of sp³-hybridized carbons (Fsp3) is 0.381. The van der Waals surface area contributed by atoms with Crippen LogP contribution in [-0.4, -0.2) is 43.2 Å². The van der Waals surface area contributed by atoms with Gasteiger partial charge in [-0.25, -0.2) is 4.79 Å². The van der Waals surface area contributed by atoms with E-state index in [0.717, 1.165) is 22.3 Å². The Kier molecular flexibility index (Phi) is 7.18. The highest BCUT2D eigenvalue weighted by Gasteiger charge is 2.43. The molecule has 0 radical (unpaired) electrons. The quantitative estimate of drug-likeness (QED) is 0.530. The molecule has 3 amide bonds. The molecule has 1 aromatic carbocycles. The van der Waals surface area contributed by atoms with Crippen LogP contribution in [0.15, 0.2) is 38.6 Å². The van der Waals surface area contributed by atoms with Crippen LogP contribution in [0.1, 0.15) is 25.7 Å². The molecule has 1 aliphatic carbocycles. The number of nitrogens with one attached hydrogen (secondary N) is 2. The lowest BCUT2D eigenvalue weighted by atomic mass is 9.96. The van der Waals surface area contributed by atoms with Gasteiger partial charge in [0.05, 0.1) is 16.1 Å². The van der Waals surface area contributed by atoms with Gasteiger partial charge in [-0.05, 0) is 75.0 Å². The lowest BCUT2D eigenvalue weighted by Crippen LogP contribution is -2.55. The highest BCUT2D eigenvalue weighted by Crippen LogP contribution is 2.34. The number of carbonyl (C=O) groups is 3.